The zero-order valence-electron chi connectivity index (χ0n) is 13.7. The largest absolute Gasteiger partial charge is 0.497 e. The summed E-state index contributed by atoms with van der Waals surface area (Å²) in [5, 5.41) is 9.26. The summed E-state index contributed by atoms with van der Waals surface area (Å²) in [6.07, 6.45) is 0. The van der Waals surface area contributed by atoms with Crippen molar-refractivity contribution in [3.05, 3.63) is 45.6 Å². The van der Waals surface area contributed by atoms with Crippen molar-refractivity contribution < 1.29 is 9.53 Å². The molecule has 25 heavy (non-hydrogen) atoms. The van der Waals surface area contributed by atoms with Crippen LogP contribution in [0.2, 0.25) is 4.34 Å². The van der Waals surface area contributed by atoms with Crippen molar-refractivity contribution in [1.29, 1.82) is 0 Å². The molecule has 0 aliphatic carbocycles. The van der Waals surface area contributed by atoms with E-state index in [1.165, 1.54) is 23.1 Å². The number of nitrogens with zero attached hydrogens (tertiary/aromatic N) is 3. The lowest BCUT2D eigenvalue weighted by Crippen LogP contribution is -2.03. The van der Waals surface area contributed by atoms with Crippen LogP contribution < -0.4 is 4.74 Å². The van der Waals surface area contributed by atoms with Gasteiger partial charge < -0.3 is 9.30 Å². The van der Waals surface area contributed by atoms with E-state index >= 15 is 0 Å². The number of ketones is 1. The number of methoxy groups -OCH3 is 1. The quantitative estimate of drug-likeness (QED) is 0.431. The first kappa shape index (κ1) is 18.0. The Morgan fingerprint density at radius 1 is 1.24 bits per heavy atom. The Labute approximate surface area is 159 Å². The first-order valence-corrected chi connectivity index (χ1v) is 9.79. The molecule has 1 aromatic carbocycles. The summed E-state index contributed by atoms with van der Waals surface area (Å²) in [7, 11) is 1.64. The highest BCUT2D eigenvalue weighted by atomic mass is 35.5. The van der Waals surface area contributed by atoms with Crippen LogP contribution in [0.5, 0.6) is 5.75 Å². The van der Waals surface area contributed by atoms with Crippen molar-refractivity contribution in [2.45, 2.75) is 18.6 Å². The lowest BCUT2D eigenvalue weighted by Gasteiger charge is -2.07. The van der Waals surface area contributed by atoms with Crippen LogP contribution in [0.15, 0.2) is 41.6 Å². The number of thioether (sulfide) groups is 1. The Bertz CT molecular complexity index is 874. The number of halogens is 1. The smallest absolute Gasteiger partial charge is 0.191 e. The molecule has 0 N–H and O–H groups in total. The molecule has 0 saturated carbocycles. The van der Waals surface area contributed by atoms with Gasteiger partial charge in [-0.3, -0.25) is 4.79 Å². The fourth-order valence-corrected chi connectivity index (χ4v) is 4.26. The van der Waals surface area contributed by atoms with Gasteiger partial charge in [-0.15, -0.1) is 21.5 Å². The summed E-state index contributed by atoms with van der Waals surface area (Å²) in [6, 6.07) is 11.2. The fraction of sp³-hybridized carbons (Fsp3) is 0.235. The minimum absolute atomic E-state index is 0.0403. The van der Waals surface area contributed by atoms with Gasteiger partial charge in [-0.25, -0.2) is 0 Å². The number of hydrogen-bond donors (Lipinski definition) is 0. The molecule has 0 saturated heterocycles. The third-order valence-electron chi connectivity index (χ3n) is 3.56. The Kier molecular flexibility index (Phi) is 5.78. The maximum absolute atomic E-state index is 12.2. The second-order valence-corrected chi connectivity index (χ2v) is 7.75. The minimum Gasteiger partial charge on any atom is -0.497 e. The number of hydrogen-bond acceptors (Lipinski definition) is 6. The lowest BCUT2D eigenvalue weighted by molar-refractivity contribution is 0.102. The van der Waals surface area contributed by atoms with Gasteiger partial charge in [0.25, 0.3) is 0 Å². The predicted molar refractivity (Wildman–Crippen MR) is 102 cm³/mol. The molecule has 0 aliphatic rings. The molecule has 0 spiro atoms. The van der Waals surface area contributed by atoms with Crippen LogP contribution in [0.3, 0.4) is 0 Å². The highest BCUT2D eigenvalue weighted by Crippen LogP contribution is 2.27. The number of Topliss-reactive ketones (excluding diaryl/α,β-unsaturated/α-hetero) is 1. The van der Waals surface area contributed by atoms with E-state index in [0.29, 0.717) is 15.0 Å². The Hall–Kier alpha value is -1.83. The summed E-state index contributed by atoms with van der Waals surface area (Å²) >= 11 is 8.57. The zero-order chi connectivity index (χ0) is 17.8. The van der Waals surface area contributed by atoms with Gasteiger partial charge in [0.2, 0.25) is 0 Å². The average Bonchev–Trinajstić information content (AvgIpc) is 3.25. The van der Waals surface area contributed by atoms with E-state index in [0.717, 1.165) is 28.8 Å². The van der Waals surface area contributed by atoms with Crippen LogP contribution in [0.1, 0.15) is 16.6 Å². The molecule has 0 radical (unpaired) electrons. The van der Waals surface area contributed by atoms with Crippen molar-refractivity contribution in [3.8, 4) is 17.1 Å². The highest BCUT2D eigenvalue weighted by Gasteiger charge is 2.16. The highest BCUT2D eigenvalue weighted by molar-refractivity contribution is 7.99. The van der Waals surface area contributed by atoms with Crippen LogP contribution in [-0.2, 0) is 6.54 Å². The molecule has 5 nitrogen and oxygen atoms in total. The van der Waals surface area contributed by atoms with Gasteiger partial charge in [-0.05, 0) is 43.3 Å². The number of aromatic nitrogens is 3. The average molecular weight is 394 g/mol. The Morgan fingerprint density at radius 2 is 2.00 bits per heavy atom. The molecule has 0 atom stereocenters. The summed E-state index contributed by atoms with van der Waals surface area (Å²) in [5.41, 5.74) is 0.957. The van der Waals surface area contributed by atoms with E-state index in [4.69, 9.17) is 16.3 Å². The molecule has 0 fully saturated rings. The molecular weight excluding hydrogens is 378 g/mol. The van der Waals surface area contributed by atoms with E-state index in [2.05, 4.69) is 10.2 Å². The van der Waals surface area contributed by atoms with Crippen molar-refractivity contribution in [3.63, 3.8) is 0 Å². The van der Waals surface area contributed by atoms with Crippen molar-refractivity contribution in [2.24, 2.45) is 0 Å². The number of rotatable bonds is 7. The number of carbonyl (C=O) groups excluding carboxylic acids is 1. The summed E-state index contributed by atoms with van der Waals surface area (Å²) in [5.74, 6) is 1.91. The monoisotopic (exact) mass is 393 g/mol. The lowest BCUT2D eigenvalue weighted by atomic mass is 10.2. The summed E-state index contributed by atoms with van der Waals surface area (Å²) in [6.45, 7) is 2.75. The first-order chi connectivity index (χ1) is 12.1. The fourth-order valence-electron chi connectivity index (χ4n) is 2.30. The van der Waals surface area contributed by atoms with E-state index < -0.39 is 0 Å². The molecule has 130 valence electrons. The van der Waals surface area contributed by atoms with Crippen molar-refractivity contribution in [2.75, 3.05) is 12.9 Å². The second kappa shape index (κ2) is 8.03. The van der Waals surface area contributed by atoms with Gasteiger partial charge in [0.15, 0.2) is 16.8 Å². The van der Waals surface area contributed by atoms with Crippen LogP contribution in [0, 0.1) is 0 Å². The van der Waals surface area contributed by atoms with Gasteiger partial charge in [-0.2, -0.15) is 0 Å². The molecule has 0 aliphatic heterocycles. The molecule has 2 heterocycles. The minimum atomic E-state index is 0.0403. The zero-order valence-corrected chi connectivity index (χ0v) is 16.1. The van der Waals surface area contributed by atoms with Gasteiger partial charge >= 0.3 is 0 Å². The standard InChI is InChI=1S/C17H16ClN3O2S2/c1-3-21-16(11-4-6-12(23-2)7-5-11)19-20-17(21)24-10-13(22)14-8-9-15(18)25-14/h4-9H,3,10H2,1-2H3. The van der Waals surface area contributed by atoms with Crippen molar-refractivity contribution in [1.82, 2.24) is 14.8 Å². The first-order valence-electron chi connectivity index (χ1n) is 7.61. The van der Waals surface area contributed by atoms with Crippen LogP contribution >= 0.6 is 34.7 Å². The third-order valence-corrected chi connectivity index (χ3v) is 5.80. The number of thiophene rings is 1. The third kappa shape index (κ3) is 4.05. The van der Waals surface area contributed by atoms with Crippen LogP contribution in [0.25, 0.3) is 11.4 Å². The van der Waals surface area contributed by atoms with Crippen LogP contribution in [-0.4, -0.2) is 33.4 Å². The van der Waals surface area contributed by atoms with Gasteiger partial charge in [0, 0.05) is 12.1 Å². The SMILES string of the molecule is CCn1c(SCC(=O)c2ccc(Cl)s2)nnc1-c1ccc(OC)cc1. The maximum Gasteiger partial charge on any atom is 0.191 e. The van der Waals surface area contributed by atoms with Crippen LogP contribution in [0.4, 0.5) is 0 Å². The van der Waals surface area contributed by atoms with E-state index in [1.807, 2.05) is 35.8 Å². The van der Waals surface area contributed by atoms with E-state index in [9.17, 15) is 4.79 Å². The van der Waals surface area contributed by atoms with Gasteiger partial charge in [-0.1, -0.05) is 23.4 Å². The Balaban J connectivity index is 1.76. The van der Waals surface area contributed by atoms with E-state index in [1.54, 1.807) is 19.2 Å². The normalized spacial score (nSPS) is 10.8. The molecule has 8 heteroatoms. The molecular formula is C17H16ClN3O2S2. The maximum atomic E-state index is 12.2. The van der Waals surface area contributed by atoms with Crippen molar-refractivity contribution >= 4 is 40.5 Å². The number of carbonyl (C=O) groups is 1. The molecule has 3 aromatic rings. The summed E-state index contributed by atoms with van der Waals surface area (Å²) in [4.78, 5) is 12.9. The Morgan fingerprint density at radius 3 is 2.60 bits per heavy atom. The number of ether oxygens (including phenoxy) is 1. The van der Waals surface area contributed by atoms with E-state index in [-0.39, 0.29) is 5.78 Å². The van der Waals surface area contributed by atoms with Gasteiger partial charge in [0.05, 0.1) is 22.1 Å². The summed E-state index contributed by atoms with van der Waals surface area (Å²) < 4.78 is 7.80. The van der Waals surface area contributed by atoms with Gasteiger partial charge in [0.1, 0.15) is 5.75 Å². The second-order valence-electron chi connectivity index (χ2n) is 5.09. The molecule has 3 rings (SSSR count). The molecule has 0 unspecified atom stereocenters. The molecule has 2 aromatic heterocycles. The molecule has 0 amide bonds. The topological polar surface area (TPSA) is 57.0 Å². The molecule has 0 bridgehead atoms. The number of benzene rings is 1. The predicted octanol–water partition coefficient (Wildman–Crippen LogP) is 4.66.